The molecule has 0 amide bonds. The van der Waals surface area contributed by atoms with Gasteiger partial charge in [0.05, 0.1) is 6.20 Å². The van der Waals surface area contributed by atoms with Crippen LogP contribution in [0.5, 0.6) is 0 Å². The molecule has 0 aromatic carbocycles. The topological polar surface area (TPSA) is 44.1 Å². The van der Waals surface area contributed by atoms with Crippen molar-refractivity contribution < 1.29 is 4.74 Å². The van der Waals surface area contributed by atoms with Crippen LogP contribution < -0.4 is 5.56 Å². The van der Waals surface area contributed by atoms with Crippen LogP contribution in [0.25, 0.3) is 0 Å². The van der Waals surface area contributed by atoms with Crippen LogP contribution in [0.1, 0.15) is 36.6 Å². The Morgan fingerprint density at radius 3 is 2.93 bits per heavy atom. The van der Waals surface area contributed by atoms with Gasteiger partial charge >= 0.3 is 0 Å². The van der Waals surface area contributed by atoms with Gasteiger partial charge in [0.2, 0.25) is 0 Å². The van der Waals surface area contributed by atoms with Gasteiger partial charge in [-0.15, -0.1) is 0 Å². The summed E-state index contributed by atoms with van der Waals surface area (Å²) in [5, 5.41) is 4.14. The fourth-order valence-corrected chi connectivity index (χ4v) is 1.76. The molecule has 1 aromatic rings. The molecule has 0 spiro atoms. The molecular formula is C11H16N2O2. The highest BCUT2D eigenvalue weighted by Gasteiger charge is 2.18. The van der Waals surface area contributed by atoms with Crippen molar-refractivity contribution in [3.05, 3.63) is 27.7 Å². The van der Waals surface area contributed by atoms with E-state index >= 15 is 0 Å². The molecule has 0 bridgehead atoms. The lowest BCUT2D eigenvalue weighted by molar-refractivity contribution is -0.0426. The fourth-order valence-electron chi connectivity index (χ4n) is 1.76. The summed E-state index contributed by atoms with van der Waals surface area (Å²) in [7, 11) is 0. The highest BCUT2D eigenvalue weighted by Crippen LogP contribution is 2.20. The van der Waals surface area contributed by atoms with Crippen molar-refractivity contribution in [3.63, 3.8) is 0 Å². The summed E-state index contributed by atoms with van der Waals surface area (Å²) < 4.78 is 7.01. The zero-order valence-corrected chi connectivity index (χ0v) is 9.19. The molecule has 1 aliphatic rings. The monoisotopic (exact) mass is 208 g/mol. The molecule has 82 valence electrons. The van der Waals surface area contributed by atoms with E-state index in [0.717, 1.165) is 37.0 Å². The second-order valence-electron chi connectivity index (χ2n) is 4.02. The predicted octanol–water partition coefficient (Wildman–Crippen LogP) is 1.56. The van der Waals surface area contributed by atoms with Gasteiger partial charge in [-0.05, 0) is 38.7 Å². The fraction of sp³-hybridized carbons (Fsp3) is 0.636. The molecule has 0 aliphatic carbocycles. The van der Waals surface area contributed by atoms with Crippen molar-refractivity contribution in [2.45, 2.75) is 39.3 Å². The van der Waals surface area contributed by atoms with E-state index < -0.39 is 0 Å². The molecule has 15 heavy (non-hydrogen) atoms. The average molecular weight is 208 g/mol. The minimum absolute atomic E-state index is 0.0260. The number of aromatic nitrogens is 2. The van der Waals surface area contributed by atoms with E-state index in [4.69, 9.17) is 4.74 Å². The smallest absolute Gasteiger partial charge is 0.272 e. The van der Waals surface area contributed by atoms with E-state index in [1.54, 1.807) is 6.20 Å². The van der Waals surface area contributed by atoms with Gasteiger partial charge in [-0.2, -0.15) is 5.10 Å². The highest BCUT2D eigenvalue weighted by atomic mass is 16.5. The van der Waals surface area contributed by atoms with E-state index in [0.29, 0.717) is 0 Å². The number of hydrogen-bond acceptors (Lipinski definition) is 3. The number of nitrogens with zero attached hydrogens (tertiary/aromatic N) is 2. The maximum absolute atomic E-state index is 11.9. The Morgan fingerprint density at radius 2 is 2.27 bits per heavy atom. The van der Waals surface area contributed by atoms with Crippen molar-refractivity contribution in [3.8, 4) is 0 Å². The summed E-state index contributed by atoms with van der Waals surface area (Å²) >= 11 is 0. The Bertz CT molecular complexity index is 406. The maximum Gasteiger partial charge on any atom is 0.272 e. The van der Waals surface area contributed by atoms with Crippen molar-refractivity contribution in [2.75, 3.05) is 6.61 Å². The zero-order valence-electron chi connectivity index (χ0n) is 9.19. The summed E-state index contributed by atoms with van der Waals surface area (Å²) in [5.41, 5.74) is 1.67. The Morgan fingerprint density at radius 1 is 1.47 bits per heavy atom. The number of ether oxygens (including phenoxy) is 1. The molecule has 1 atom stereocenters. The lowest BCUT2D eigenvalue weighted by atomic mass is 10.2. The molecule has 1 aromatic heterocycles. The number of aryl methyl sites for hydroxylation is 1. The first-order chi connectivity index (χ1) is 7.20. The Balaban J connectivity index is 2.35. The Labute approximate surface area is 88.9 Å². The summed E-state index contributed by atoms with van der Waals surface area (Å²) in [4.78, 5) is 11.9. The first-order valence-corrected chi connectivity index (χ1v) is 5.37. The third-order valence-corrected chi connectivity index (χ3v) is 2.92. The Kier molecular flexibility index (Phi) is 2.86. The van der Waals surface area contributed by atoms with E-state index in [1.165, 1.54) is 4.68 Å². The second kappa shape index (κ2) is 4.14. The molecule has 0 N–H and O–H groups in total. The largest absolute Gasteiger partial charge is 0.356 e. The lowest BCUT2D eigenvalue weighted by Gasteiger charge is -2.23. The van der Waals surface area contributed by atoms with Gasteiger partial charge in [0.25, 0.3) is 5.56 Å². The third-order valence-electron chi connectivity index (χ3n) is 2.92. The minimum Gasteiger partial charge on any atom is -0.356 e. The molecule has 1 unspecified atom stereocenters. The summed E-state index contributed by atoms with van der Waals surface area (Å²) in [6, 6.07) is 0. The van der Waals surface area contributed by atoms with E-state index in [2.05, 4.69) is 5.10 Å². The van der Waals surface area contributed by atoms with Crippen LogP contribution in [-0.4, -0.2) is 16.4 Å². The molecule has 0 saturated carbocycles. The second-order valence-corrected chi connectivity index (χ2v) is 4.02. The van der Waals surface area contributed by atoms with Gasteiger partial charge in [-0.1, -0.05) is 0 Å². The van der Waals surface area contributed by atoms with E-state index in [9.17, 15) is 4.79 Å². The lowest BCUT2D eigenvalue weighted by Crippen LogP contribution is -2.32. The number of hydrogen-bond donors (Lipinski definition) is 0. The van der Waals surface area contributed by atoms with E-state index in [1.807, 2.05) is 13.8 Å². The highest BCUT2D eigenvalue weighted by molar-refractivity contribution is 5.17. The third kappa shape index (κ3) is 1.95. The van der Waals surface area contributed by atoms with Gasteiger partial charge in [-0.25, -0.2) is 4.68 Å². The van der Waals surface area contributed by atoms with Crippen LogP contribution in [0.3, 0.4) is 0 Å². The van der Waals surface area contributed by atoms with Gasteiger partial charge in [0.1, 0.15) is 0 Å². The van der Waals surface area contributed by atoms with Crippen molar-refractivity contribution >= 4 is 0 Å². The summed E-state index contributed by atoms with van der Waals surface area (Å²) in [5.74, 6) is 0. The molecule has 2 heterocycles. The summed E-state index contributed by atoms with van der Waals surface area (Å²) in [6.45, 7) is 4.46. The quantitative estimate of drug-likeness (QED) is 0.703. The van der Waals surface area contributed by atoms with Crippen LogP contribution in [0, 0.1) is 13.8 Å². The van der Waals surface area contributed by atoms with Gasteiger partial charge < -0.3 is 4.74 Å². The molecule has 1 saturated heterocycles. The molecule has 4 nitrogen and oxygen atoms in total. The van der Waals surface area contributed by atoms with Crippen molar-refractivity contribution in [2.24, 2.45) is 0 Å². The predicted molar refractivity (Wildman–Crippen MR) is 56.8 cm³/mol. The normalized spacial score (nSPS) is 21.6. The zero-order chi connectivity index (χ0) is 10.8. The van der Waals surface area contributed by atoms with Gasteiger partial charge in [-0.3, -0.25) is 4.79 Å². The number of rotatable bonds is 1. The van der Waals surface area contributed by atoms with Crippen LogP contribution >= 0.6 is 0 Å². The van der Waals surface area contributed by atoms with Gasteiger partial charge in [0.15, 0.2) is 6.23 Å². The summed E-state index contributed by atoms with van der Waals surface area (Å²) in [6.07, 6.45) is 4.64. The first kappa shape index (κ1) is 10.4. The van der Waals surface area contributed by atoms with Crippen LogP contribution in [0.15, 0.2) is 11.0 Å². The van der Waals surface area contributed by atoms with Crippen LogP contribution in [-0.2, 0) is 4.74 Å². The Hall–Kier alpha value is -1.16. The van der Waals surface area contributed by atoms with E-state index in [-0.39, 0.29) is 11.8 Å². The molecule has 4 heteroatoms. The van der Waals surface area contributed by atoms with Crippen molar-refractivity contribution in [1.29, 1.82) is 0 Å². The molecular weight excluding hydrogens is 192 g/mol. The maximum atomic E-state index is 11.9. The molecule has 0 radical (unpaired) electrons. The average Bonchev–Trinajstić information content (AvgIpc) is 2.27. The molecule has 2 rings (SSSR count). The molecule has 1 aliphatic heterocycles. The minimum atomic E-state index is -0.162. The standard InChI is InChI=1S/C11H16N2O2/c1-8-7-12-13(11(14)9(8)2)10-5-3-4-6-15-10/h7,10H,3-6H2,1-2H3. The van der Waals surface area contributed by atoms with Crippen LogP contribution in [0.4, 0.5) is 0 Å². The molecule has 1 fully saturated rings. The SMILES string of the molecule is Cc1cnn(C2CCCCO2)c(=O)c1C. The first-order valence-electron chi connectivity index (χ1n) is 5.37. The van der Waals surface area contributed by atoms with Crippen molar-refractivity contribution in [1.82, 2.24) is 9.78 Å². The van der Waals surface area contributed by atoms with Gasteiger partial charge in [0, 0.05) is 12.2 Å². The van der Waals surface area contributed by atoms with Crippen LogP contribution in [0.2, 0.25) is 0 Å².